The Kier molecular flexibility index (Phi) is 11.7. The number of aryl methyl sites for hydroxylation is 2. The van der Waals surface area contributed by atoms with Crippen LogP contribution in [-0.4, -0.2) is 23.5 Å². The van der Waals surface area contributed by atoms with Crippen LogP contribution in [0, 0.1) is 13.8 Å². The summed E-state index contributed by atoms with van der Waals surface area (Å²) in [5.74, 6) is -0.0773. The lowest BCUT2D eigenvalue weighted by atomic mass is 10.1. The smallest absolute Gasteiger partial charge is 0.253 e. The van der Waals surface area contributed by atoms with E-state index in [0.717, 1.165) is 30.7 Å². The maximum absolute atomic E-state index is 12.1. The minimum Gasteiger partial charge on any atom is -0.348 e. The van der Waals surface area contributed by atoms with Gasteiger partial charge >= 0.3 is 0 Å². The fourth-order valence-electron chi connectivity index (χ4n) is 1.89. The average molecular weight is 322 g/mol. The number of halogens is 2. The van der Waals surface area contributed by atoms with Gasteiger partial charge in [-0.3, -0.25) is 9.78 Å². The normalized spacial score (nSPS) is 11.0. The van der Waals surface area contributed by atoms with Crippen LogP contribution in [0.3, 0.4) is 0 Å². The number of nitrogens with two attached hydrogens (primary N) is 1. The fraction of sp³-hybridized carbons (Fsp3) is 0.571. The highest BCUT2D eigenvalue weighted by molar-refractivity contribution is 5.95. The van der Waals surface area contributed by atoms with Gasteiger partial charge in [0, 0.05) is 18.3 Å². The summed E-state index contributed by atoms with van der Waals surface area (Å²) in [7, 11) is 0. The Hall–Kier alpha value is -0.840. The molecule has 0 aliphatic heterocycles. The van der Waals surface area contributed by atoms with E-state index in [2.05, 4.69) is 17.2 Å². The third-order valence-corrected chi connectivity index (χ3v) is 3.00. The molecule has 0 bridgehead atoms. The number of carbonyl (C=O) groups excluding carboxylic acids is 1. The van der Waals surface area contributed by atoms with Crippen molar-refractivity contribution in [1.29, 1.82) is 0 Å². The van der Waals surface area contributed by atoms with Gasteiger partial charge in [0.2, 0.25) is 0 Å². The number of nitrogens with zero attached hydrogens (tertiary/aromatic N) is 1. The van der Waals surface area contributed by atoms with Crippen LogP contribution in [0.2, 0.25) is 0 Å². The molecule has 1 rings (SSSR count). The van der Waals surface area contributed by atoms with Gasteiger partial charge in [0.05, 0.1) is 11.3 Å². The Morgan fingerprint density at radius 2 is 2.00 bits per heavy atom. The zero-order valence-corrected chi connectivity index (χ0v) is 13.9. The van der Waals surface area contributed by atoms with E-state index in [1.807, 2.05) is 26.0 Å². The number of unbranched alkanes of at least 4 members (excludes halogenated alkanes) is 1. The van der Waals surface area contributed by atoms with Crippen LogP contribution in [0.4, 0.5) is 0 Å². The molecule has 0 aliphatic carbocycles. The molecular formula is C14H25Cl2N3O. The summed E-state index contributed by atoms with van der Waals surface area (Å²) in [5, 5.41) is 2.97. The molecule has 1 unspecified atom stereocenters. The van der Waals surface area contributed by atoms with E-state index in [4.69, 9.17) is 5.73 Å². The Labute approximate surface area is 133 Å². The van der Waals surface area contributed by atoms with Crippen molar-refractivity contribution in [1.82, 2.24) is 10.3 Å². The summed E-state index contributed by atoms with van der Waals surface area (Å²) >= 11 is 0. The topological polar surface area (TPSA) is 68.0 Å². The monoisotopic (exact) mass is 321 g/mol. The lowest BCUT2D eigenvalue weighted by molar-refractivity contribution is 0.0934. The number of hydrogen-bond acceptors (Lipinski definition) is 3. The van der Waals surface area contributed by atoms with Crippen LogP contribution in [0.25, 0.3) is 0 Å². The maximum atomic E-state index is 12.1. The van der Waals surface area contributed by atoms with Crippen molar-refractivity contribution in [3.63, 3.8) is 0 Å². The Balaban J connectivity index is 0. The highest BCUT2D eigenvalue weighted by Gasteiger charge is 2.14. The molecule has 0 aromatic carbocycles. The molecule has 0 aliphatic rings. The molecule has 0 fully saturated rings. The number of nitrogens with one attached hydrogen (secondary N) is 1. The van der Waals surface area contributed by atoms with Gasteiger partial charge in [0.1, 0.15) is 0 Å². The van der Waals surface area contributed by atoms with Gasteiger partial charge < -0.3 is 11.1 Å². The standard InChI is InChI=1S/C14H23N3O.2ClH/c1-4-5-6-12(9-15)17-14(18)13-8-7-10(2)16-11(13)3;;/h7-8,12H,4-6,9,15H2,1-3H3,(H,17,18);2*1H. The van der Waals surface area contributed by atoms with Crippen LogP contribution >= 0.6 is 24.8 Å². The van der Waals surface area contributed by atoms with Gasteiger partial charge in [-0.25, -0.2) is 0 Å². The van der Waals surface area contributed by atoms with Crippen LogP contribution in [0.1, 0.15) is 47.9 Å². The van der Waals surface area contributed by atoms with Crippen molar-refractivity contribution in [3.8, 4) is 0 Å². The molecule has 0 saturated heterocycles. The lowest BCUT2D eigenvalue weighted by Gasteiger charge is -2.17. The van der Waals surface area contributed by atoms with Gasteiger partial charge in [-0.1, -0.05) is 19.8 Å². The summed E-state index contributed by atoms with van der Waals surface area (Å²) in [4.78, 5) is 16.4. The quantitative estimate of drug-likeness (QED) is 0.846. The van der Waals surface area contributed by atoms with E-state index >= 15 is 0 Å². The highest BCUT2D eigenvalue weighted by Crippen LogP contribution is 2.08. The molecule has 1 aromatic rings. The zero-order chi connectivity index (χ0) is 13.5. The Bertz CT molecular complexity index is 413. The van der Waals surface area contributed by atoms with Gasteiger partial charge in [-0.15, -0.1) is 24.8 Å². The Morgan fingerprint density at radius 3 is 2.50 bits per heavy atom. The number of rotatable bonds is 6. The second-order valence-corrected chi connectivity index (χ2v) is 4.63. The number of amides is 1. The highest BCUT2D eigenvalue weighted by atomic mass is 35.5. The zero-order valence-electron chi connectivity index (χ0n) is 12.3. The van der Waals surface area contributed by atoms with Crippen LogP contribution in [-0.2, 0) is 0 Å². The first-order chi connectivity index (χ1) is 8.58. The fourth-order valence-corrected chi connectivity index (χ4v) is 1.89. The molecule has 0 radical (unpaired) electrons. The lowest BCUT2D eigenvalue weighted by Crippen LogP contribution is -2.40. The average Bonchev–Trinajstić information content (AvgIpc) is 2.34. The molecule has 6 heteroatoms. The van der Waals surface area contributed by atoms with Crippen LogP contribution in [0.15, 0.2) is 12.1 Å². The first-order valence-corrected chi connectivity index (χ1v) is 6.53. The predicted octanol–water partition coefficient (Wildman–Crippen LogP) is 2.79. The SMILES string of the molecule is CCCCC(CN)NC(=O)c1ccc(C)nc1C.Cl.Cl. The molecule has 116 valence electrons. The molecule has 1 atom stereocenters. The summed E-state index contributed by atoms with van der Waals surface area (Å²) in [6.07, 6.45) is 3.11. The van der Waals surface area contributed by atoms with Crippen LogP contribution in [0.5, 0.6) is 0 Å². The molecule has 1 heterocycles. The summed E-state index contributed by atoms with van der Waals surface area (Å²) in [6.45, 7) is 6.37. The third-order valence-electron chi connectivity index (χ3n) is 3.00. The van der Waals surface area contributed by atoms with Crippen molar-refractivity contribution < 1.29 is 4.79 Å². The first kappa shape index (κ1) is 21.5. The predicted molar refractivity (Wildman–Crippen MR) is 88.0 cm³/mol. The Morgan fingerprint density at radius 1 is 1.35 bits per heavy atom. The molecule has 0 saturated carbocycles. The third kappa shape index (κ3) is 6.55. The van der Waals surface area contributed by atoms with Gasteiger partial charge in [0.15, 0.2) is 0 Å². The van der Waals surface area contributed by atoms with E-state index in [9.17, 15) is 4.79 Å². The summed E-state index contributed by atoms with van der Waals surface area (Å²) in [5.41, 5.74) is 7.99. The molecule has 0 spiro atoms. The number of pyridine rings is 1. The van der Waals surface area contributed by atoms with E-state index in [1.165, 1.54) is 0 Å². The second-order valence-electron chi connectivity index (χ2n) is 4.63. The number of hydrogen-bond donors (Lipinski definition) is 2. The van der Waals surface area contributed by atoms with Gasteiger partial charge in [-0.2, -0.15) is 0 Å². The molecule has 20 heavy (non-hydrogen) atoms. The van der Waals surface area contributed by atoms with Crippen molar-refractivity contribution >= 4 is 30.7 Å². The van der Waals surface area contributed by atoms with Crippen molar-refractivity contribution in [2.45, 2.75) is 46.1 Å². The molecule has 1 aromatic heterocycles. The van der Waals surface area contributed by atoms with E-state index in [1.54, 1.807) is 0 Å². The minimum absolute atomic E-state index is 0. The summed E-state index contributed by atoms with van der Waals surface area (Å²) < 4.78 is 0. The second kappa shape index (κ2) is 10.9. The van der Waals surface area contributed by atoms with Crippen LogP contribution < -0.4 is 11.1 Å². The minimum atomic E-state index is -0.0773. The molecule has 3 N–H and O–H groups in total. The van der Waals surface area contributed by atoms with Gasteiger partial charge in [-0.05, 0) is 32.4 Å². The number of carbonyl (C=O) groups is 1. The first-order valence-electron chi connectivity index (χ1n) is 6.53. The summed E-state index contributed by atoms with van der Waals surface area (Å²) in [6, 6.07) is 3.73. The number of aromatic nitrogens is 1. The molecular weight excluding hydrogens is 297 g/mol. The largest absolute Gasteiger partial charge is 0.348 e. The van der Waals surface area contributed by atoms with Crippen molar-refractivity contribution in [3.05, 3.63) is 29.1 Å². The van der Waals surface area contributed by atoms with Crippen molar-refractivity contribution in [2.75, 3.05) is 6.54 Å². The van der Waals surface area contributed by atoms with Crippen molar-refractivity contribution in [2.24, 2.45) is 5.73 Å². The maximum Gasteiger partial charge on any atom is 0.253 e. The molecule has 4 nitrogen and oxygen atoms in total. The molecule has 1 amide bonds. The van der Waals surface area contributed by atoms with Gasteiger partial charge in [0.25, 0.3) is 5.91 Å². The van der Waals surface area contributed by atoms with E-state index in [-0.39, 0.29) is 36.8 Å². The van der Waals surface area contributed by atoms with E-state index < -0.39 is 0 Å². The van der Waals surface area contributed by atoms with E-state index in [0.29, 0.717) is 12.1 Å².